The Balaban J connectivity index is 1.44. The molecule has 32 heavy (non-hydrogen) atoms. The number of hydrogen-bond acceptors (Lipinski definition) is 2. The Labute approximate surface area is 185 Å². The molecule has 0 spiro atoms. The van der Waals surface area contributed by atoms with Gasteiger partial charge in [-0.3, -0.25) is 4.79 Å². The molecule has 176 valence electrons. The van der Waals surface area contributed by atoms with Crippen molar-refractivity contribution in [2.75, 3.05) is 6.61 Å². The minimum atomic E-state index is -5.66. The number of amides is 1. The highest BCUT2D eigenvalue weighted by Gasteiger charge is 2.73. The van der Waals surface area contributed by atoms with Gasteiger partial charge in [-0.1, -0.05) is 17.7 Å². The van der Waals surface area contributed by atoms with Crippen molar-refractivity contribution in [3.05, 3.63) is 28.8 Å². The molecule has 10 heteroatoms. The van der Waals surface area contributed by atoms with Crippen LogP contribution in [0.3, 0.4) is 0 Å². The second kappa shape index (κ2) is 6.93. The molecule has 4 saturated carbocycles. The summed E-state index contributed by atoms with van der Waals surface area (Å²) in [4.78, 5) is 13.4. The molecule has 1 aromatic carbocycles. The molecule has 1 heterocycles. The van der Waals surface area contributed by atoms with Crippen molar-refractivity contribution < 1.29 is 35.9 Å². The highest BCUT2D eigenvalue weighted by atomic mass is 35.5. The summed E-state index contributed by atoms with van der Waals surface area (Å²) in [6.07, 6.45) is -9.53. The molecule has 4 bridgehead atoms. The quantitative estimate of drug-likeness (QED) is 0.535. The lowest BCUT2D eigenvalue weighted by molar-refractivity contribution is -0.305. The second-order valence-electron chi connectivity index (χ2n) is 10.0. The summed E-state index contributed by atoms with van der Waals surface area (Å²) < 4.78 is 88.7. The summed E-state index contributed by atoms with van der Waals surface area (Å²) in [5.41, 5.74) is -2.83. The number of carbonyl (C=O) groups is 1. The summed E-state index contributed by atoms with van der Waals surface area (Å²) >= 11 is 6.25. The molecule has 5 aliphatic rings. The summed E-state index contributed by atoms with van der Waals surface area (Å²) in [5, 5.41) is 3.24. The van der Waals surface area contributed by atoms with Crippen LogP contribution in [0.1, 0.15) is 50.1 Å². The highest BCUT2D eigenvalue weighted by molar-refractivity contribution is 6.31. The molecule has 4 fully saturated rings. The lowest BCUT2D eigenvalue weighted by Gasteiger charge is -2.63. The number of hydrogen-bond donors (Lipinski definition) is 1. The van der Waals surface area contributed by atoms with Gasteiger partial charge in [0.15, 0.2) is 0 Å². The van der Waals surface area contributed by atoms with Crippen LogP contribution in [0.2, 0.25) is 5.02 Å². The van der Waals surface area contributed by atoms with Gasteiger partial charge in [0.2, 0.25) is 5.91 Å². The maximum Gasteiger partial charge on any atom is 0.425 e. The SMILES string of the molecule is O=C(NC1COc2cccc(Cl)c21)C12CC3CC(C1)CC(C(F)(F)C(F)C(F)(F)F)(C3)C2. The van der Waals surface area contributed by atoms with E-state index in [0.29, 0.717) is 35.6 Å². The minimum absolute atomic E-state index is 0.121. The fourth-order valence-electron chi connectivity index (χ4n) is 7.06. The van der Waals surface area contributed by atoms with Crippen molar-refractivity contribution >= 4 is 17.5 Å². The zero-order chi connectivity index (χ0) is 23.1. The molecule has 0 saturated heterocycles. The predicted octanol–water partition coefficient (Wildman–Crippen LogP) is 6.01. The fourth-order valence-corrected chi connectivity index (χ4v) is 7.35. The Bertz CT molecular complexity index is 937. The molecule has 1 N–H and O–H groups in total. The van der Waals surface area contributed by atoms with Gasteiger partial charge in [-0.15, -0.1) is 0 Å². The first kappa shape index (κ1) is 22.2. The summed E-state index contributed by atoms with van der Waals surface area (Å²) in [6, 6.07) is 4.46. The van der Waals surface area contributed by atoms with Crippen LogP contribution < -0.4 is 10.1 Å². The van der Waals surface area contributed by atoms with Crippen LogP contribution in [0.4, 0.5) is 26.3 Å². The van der Waals surface area contributed by atoms with Gasteiger partial charge in [0.05, 0.1) is 11.5 Å². The van der Waals surface area contributed by atoms with Crippen LogP contribution in [0.25, 0.3) is 0 Å². The third-order valence-corrected chi connectivity index (χ3v) is 8.26. The van der Waals surface area contributed by atoms with Gasteiger partial charge in [-0.25, -0.2) is 13.2 Å². The maximum atomic E-state index is 15.1. The number of fused-ring (bicyclic) bond motifs is 1. The monoisotopic (exact) mass is 481 g/mol. The van der Waals surface area contributed by atoms with Gasteiger partial charge in [0.1, 0.15) is 12.4 Å². The standard InChI is InChI=1S/C22H22ClF6NO2/c23-13-2-1-3-15-16(13)14(9-32-15)30-18(31)19-5-11-4-12(6-19)8-20(7-11,10-19)21(25,26)17(24)22(27,28)29/h1-3,11-12,14,17H,4-10H2,(H,30,31). The first-order valence-corrected chi connectivity index (χ1v) is 11.1. The number of carbonyl (C=O) groups excluding carboxylic acids is 1. The van der Waals surface area contributed by atoms with E-state index in [0.717, 1.165) is 0 Å². The van der Waals surface area contributed by atoms with E-state index in [4.69, 9.17) is 16.3 Å². The number of rotatable bonds is 4. The molecule has 0 radical (unpaired) electrons. The molecular formula is C22H22ClF6NO2. The zero-order valence-corrected chi connectivity index (χ0v) is 17.7. The molecule has 4 aliphatic carbocycles. The first-order chi connectivity index (χ1) is 14.9. The summed E-state index contributed by atoms with van der Waals surface area (Å²) in [6.45, 7) is 0.121. The van der Waals surface area contributed by atoms with E-state index < -0.39 is 47.5 Å². The molecule has 6 rings (SSSR count). The van der Waals surface area contributed by atoms with Gasteiger partial charge in [-0.05, 0) is 62.5 Å². The van der Waals surface area contributed by atoms with Gasteiger partial charge >= 0.3 is 6.18 Å². The van der Waals surface area contributed by atoms with E-state index in [1.165, 1.54) is 0 Å². The molecule has 3 nitrogen and oxygen atoms in total. The Hall–Kier alpha value is -1.64. The van der Waals surface area contributed by atoms with Gasteiger partial charge < -0.3 is 10.1 Å². The highest BCUT2D eigenvalue weighted by Crippen LogP contribution is 2.70. The summed E-state index contributed by atoms with van der Waals surface area (Å²) in [5.74, 6) is -5.23. The predicted molar refractivity (Wildman–Crippen MR) is 103 cm³/mol. The molecule has 1 aromatic rings. The molecule has 4 atom stereocenters. The number of benzene rings is 1. The first-order valence-electron chi connectivity index (χ1n) is 10.7. The Morgan fingerprint density at radius 3 is 2.41 bits per heavy atom. The van der Waals surface area contributed by atoms with Crippen LogP contribution in [0.15, 0.2) is 18.2 Å². The van der Waals surface area contributed by atoms with Crippen molar-refractivity contribution in [3.8, 4) is 5.75 Å². The molecule has 1 aliphatic heterocycles. The average molecular weight is 482 g/mol. The summed E-state index contributed by atoms with van der Waals surface area (Å²) in [7, 11) is 0. The Kier molecular flexibility index (Phi) is 4.80. The smallest absolute Gasteiger partial charge is 0.425 e. The van der Waals surface area contributed by atoms with Crippen molar-refractivity contribution in [2.45, 2.75) is 62.8 Å². The van der Waals surface area contributed by atoms with E-state index >= 15 is 8.78 Å². The van der Waals surface area contributed by atoms with Gasteiger partial charge in [0.25, 0.3) is 12.1 Å². The number of halogens is 7. The van der Waals surface area contributed by atoms with E-state index in [-0.39, 0.29) is 31.3 Å². The van der Waals surface area contributed by atoms with Gasteiger partial charge in [-0.2, -0.15) is 13.2 Å². The van der Waals surface area contributed by atoms with E-state index in [2.05, 4.69) is 5.32 Å². The van der Waals surface area contributed by atoms with Crippen LogP contribution >= 0.6 is 11.6 Å². The minimum Gasteiger partial charge on any atom is -0.491 e. The second-order valence-corrected chi connectivity index (χ2v) is 10.4. The molecule has 1 amide bonds. The molecule has 0 aromatic heterocycles. The fraction of sp³-hybridized carbons (Fsp3) is 0.682. The molecular weight excluding hydrogens is 460 g/mol. The van der Waals surface area contributed by atoms with Crippen LogP contribution in [0.5, 0.6) is 5.75 Å². The van der Waals surface area contributed by atoms with Crippen molar-refractivity contribution in [1.29, 1.82) is 0 Å². The Morgan fingerprint density at radius 2 is 1.78 bits per heavy atom. The average Bonchev–Trinajstić information content (AvgIpc) is 3.09. The van der Waals surface area contributed by atoms with Crippen molar-refractivity contribution in [2.24, 2.45) is 22.7 Å². The normalized spacial score (nSPS) is 36.5. The van der Waals surface area contributed by atoms with Crippen molar-refractivity contribution in [3.63, 3.8) is 0 Å². The third kappa shape index (κ3) is 3.13. The molecule has 4 unspecified atom stereocenters. The lowest BCUT2D eigenvalue weighted by Crippen LogP contribution is -2.65. The number of nitrogens with one attached hydrogen (secondary N) is 1. The van der Waals surface area contributed by atoms with Crippen LogP contribution in [-0.2, 0) is 4.79 Å². The van der Waals surface area contributed by atoms with E-state index in [1.54, 1.807) is 18.2 Å². The third-order valence-electron chi connectivity index (χ3n) is 7.93. The van der Waals surface area contributed by atoms with Crippen molar-refractivity contribution in [1.82, 2.24) is 5.32 Å². The number of alkyl halides is 6. The van der Waals surface area contributed by atoms with Gasteiger partial charge in [0, 0.05) is 16.0 Å². The maximum absolute atomic E-state index is 15.1. The van der Waals surface area contributed by atoms with Crippen LogP contribution in [0, 0.1) is 22.7 Å². The zero-order valence-electron chi connectivity index (χ0n) is 17.0. The largest absolute Gasteiger partial charge is 0.491 e. The Morgan fingerprint density at radius 1 is 1.12 bits per heavy atom. The van der Waals surface area contributed by atoms with E-state index in [1.807, 2.05) is 0 Å². The topological polar surface area (TPSA) is 38.3 Å². The number of ether oxygens (including phenoxy) is 1. The van der Waals surface area contributed by atoms with E-state index in [9.17, 15) is 22.4 Å². The lowest BCUT2D eigenvalue weighted by atomic mass is 9.42. The van der Waals surface area contributed by atoms with Crippen LogP contribution in [-0.4, -0.2) is 30.8 Å².